The lowest BCUT2D eigenvalue weighted by molar-refractivity contribution is -0.334. The first kappa shape index (κ1) is 32.9. The standard InChI is InChI=1S/C36H58O9/c1-19-7-13-35-18-43-36(29(35)20(19)2)14-9-23-31(3)11-10-25(45-30-28(42)27(41)26(40)21(16-37)44-30)32(4,17-38)22(31)8-12-33(23,5)34(36,6)15-24(35)39/h9,14,19-30,37-42H,7-8,10-13,15-18H2,1-6H3/t19-,20+,21-,22?,23?,24+,25+,26-,27+,28-,29?,30+,31+,32+,33-,34+,35+,36+/m1/s1. The lowest BCUT2D eigenvalue weighted by atomic mass is 9.31. The van der Waals surface area contributed by atoms with Gasteiger partial charge in [-0.2, -0.15) is 0 Å². The highest BCUT2D eigenvalue weighted by Crippen LogP contribution is 2.79. The third-order valence-corrected chi connectivity index (χ3v) is 16.2. The molecule has 6 fully saturated rings. The smallest absolute Gasteiger partial charge is 0.186 e. The minimum atomic E-state index is -1.51. The number of ether oxygens (including phenoxy) is 3. The first-order valence-corrected chi connectivity index (χ1v) is 17.7. The molecule has 0 aromatic rings. The monoisotopic (exact) mass is 634 g/mol. The molecule has 0 aromatic heterocycles. The Morgan fingerprint density at radius 2 is 1.62 bits per heavy atom. The van der Waals surface area contributed by atoms with Gasteiger partial charge in [-0.05, 0) is 79.4 Å². The van der Waals surface area contributed by atoms with Crippen LogP contribution >= 0.6 is 0 Å². The molecule has 7 rings (SSSR count). The maximum atomic E-state index is 12.1. The summed E-state index contributed by atoms with van der Waals surface area (Å²) in [6.07, 6.45) is 3.54. The summed E-state index contributed by atoms with van der Waals surface area (Å²) in [5.74, 6) is 1.64. The van der Waals surface area contributed by atoms with Gasteiger partial charge in [0.25, 0.3) is 0 Å². The summed E-state index contributed by atoms with van der Waals surface area (Å²) in [4.78, 5) is 0. The molecule has 0 aromatic carbocycles. The zero-order chi connectivity index (χ0) is 32.5. The molecule has 2 saturated heterocycles. The molecule has 1 spiro atoms. The van der Waals surface area contributed by atoms with Crippen LogP contribution in [0.2, 0.25) is 0 Å². The van der Waals surface area contributed by atoms with Gasteiger partial charge in [-0.1, -0.05) is 53.7 Å². The van der Waals surface area contributed by atoms with Crippen LogP contribution in [-0.2, 0) is 14.2 Å². The number of fused-ring (bicyclic) bond motifs is 4. The van der Waals surface area contributed by atoms with Gasteiger partial charge in [-0.25, -0.2) is 0 Å². The molecular weight excluding hydrogens is 576 g/mol. The van der Waals surface area contributed by atoms with E-state index in [1.807, 2.05) is 0 Å². The Labute approximate surface area is 268 Å². The highest BCUT2D eigenvalue weighted by Gasteiger charge is 2.79. The number of aliphatic hydroxyl groups is 6. The summed E-state index contributed by atoms with van der Waals surface area (Å²) in [5, 5.41) is 64.3. The van der Waals surface area contributed by atoms with Crippen molar-refractivity contribution >= 4 is 0 Å². The number of hydrogen-bond donors (Lipinski definition) is 6. The van der Waals surface area contributed by atoms with Crippen LogP contribution in [0.5, 0.6) is 0 Å². The van der Waals surface area contributed by atoms with Crippen molar-refractivity contribution in [3.05, 3.63) is 12.2 Å². The van der Waals surface area contributed by atoms with Crippen LogP contribution in [0.25, 0.3) is 0 Å². The van der Waals surface area contributed by atoms with E-state index in [9.17, 15) is 30.6 Å². The number of rotatable bonds is 4. The molecule has 18 atom stereocenters. The Bertz CT molecular complexity index is 1200. The summed E-state index contributed by atoms with van der Waals surface area (Å²) < 4.78 is 19.2. The van der Waals surface area contributed by atoms with E-state index in [-0.39, 0.29) is 46.0 Å². The van der Waals surface area contributed by atoms with E-state index in [1.54, 1.807) is 0 Å². The molecule has 9 nitrogen and oxygen atoms in total. The molecule has 45 heavy (non-hydrogen) atoms. The fourth-order valence-corrected chi connectivity index (χ4v) is 13.2. The molecule has 9 heteroatoms. The van der Waals surface area contributed by atoms with Crippen molar-refractivity contribution in [1.29, 1.82) is 0 Å². The summed E-state index contributed by atoms with van der Waals surface area (Å²) in [5.41, 5.74) is -1.79. The Hall–Kier alpha value is -0.620. The van der Waals surface area contributed by atoms with Crippen molar-refractivity contribution in [2.24, 2.45) is 56.7 Å². The second-order valence-corrected chi connectivity index (χ2v) is 17.6. The second-order valence-electron chi connectivity index (χ2n) is 17.6. The number of aliphatic hydroxyl groups excluding tert-OH is 6. The largest absolute Gasteiger partial charge is 0.396 e. The summed E-state index contributed by atoms with van der Waals surface area (Å²) in [7, 11) is 0. The van der Waals surface area contributed by atoms with Crippen molar-refractivity contribution in [2.75, 3.05) is 19.8 Å². The van der Waals surface area contributed by atoms with Crippen LogP contribution in [0.1, 0.15) is 86.5 Å². The molecule has 2 aliphatic heterocycles. The summed E-state index contributed by atoms with van der Waals surface area (Å²) in [6, 6.07) is 0. The van der Waals surface area contributed by atoms with E-state index in [2.05, 4.69) is 53.7 Å². The third kappa shape index (κ3) is 3.88. The molecule has 4 saturated carbocycles. The minimum Gasteiger partial charge on any atom is -0.396 e. The molecule has 6 N–H and O–H groups in total. The highest BCUT2D eigenvalue weighted by molar-refractivity contribution is 5.36. The number of hydrogen-bond acceptors (Lipinski definition) is 9. The van der Waals surface area contributed by atoms with Gasteiger partial charge < -0.3 is 44.8 Å². The maximum absolute atomic E-state index is 12.1. The van der Waals surface area contributed by atoms with Crippen molar-refractivity contribution in [3.8, 4) is 0 Å². The van der Waals surface area contributed by atoms with Crippen molar-refractivity contribution in [2.45, 2.75) is 135 Å². The average molecular weight is 635 g/mol. The molecule has 7 aliphatic rings. The predicted molar refractivity (Wildman–Crippen MR) is 166 cm³/mol. The molecule has 256 valence electrons. The SMILES string of the molecule is C[C@@H]1CC[C@]23CO[C@@]4(C=CC5[C@@]6(C)CC[C@H](O[C@@H]7O[C@H](CO)[C@@H](O)[C@H](O)[C@H]7O)[C@@](C)(CO)C6CC[C@@]5(C)[C@]4(C)C[C@@H]2O)C3[C@H]1C. The third-order valence-electron chi connectivity index (χ3n) is 16.2. The summed E-state index contributed by atoms with van der Waals surface area (Å²) in [6.45, 7) is 14.1. The van der Waals surface area contributed by atoms with Gasteiger partial charge in [0.05, 0.1) is 37.6 Å². The van der Waals surface area contributed by atoms with Crippen molar-refractivity contribution in [1.82, 2.24) is 0 Å². The van der Waals surface area contributed by atoms with Gasteiger partial charge >= 0.3 is 0 Å². The Balaban J connectivity index is 1.23. The number of allylic oxidation sites excluding steroid dienone is 1. The van der Waals surface area contributed by atoms with Gasteiger partial charge in [0.2, 0.25) is 0 Å². The van der Waals surface area contributed by atoms with Crippen LogP contribution in [0.3, 0.4) is 0 Å². The van der Waals surface area contributed by atoms with Crippen LogP contribution in [0.15, 0.2) is 12.2 Å². The second kappa shape index (κ2) is 10.4. The molecular formula is C36H58O9. The highest BCUT2D eigenvalue weighted by atomic mass is 16.7. The van der Waals surface area contributed by atoms with Gasteiger partial charge in [0.15, 0.2) is 6.29 Å². The summed E-state index contributed by atoms with van der Waals surface area (Å²) >= 11 is 0. The Kier molecular flexibility index (Phi) is 7.64. The minimum absolute atomic E-state index is 0.102. The molecule has 2 heterocycles. The fourth-order valence-electron chi connectivity index (χ4n) is 13.2. The first-order chi connectivity index (χ1) is 21.1. The van der Waals surface area contributed by atoms with Crippen LogP contribution in [-0.4, -0.2) is 99.0 Å². The van der Waals surface area contributed by atoms with E-state index in [1.165, 1.54) is 0 Å². The maximum Gasteiger partial charge on any atom is 0.186 e. The van der Waals surface area contributed by atoms with Gasteiger partial charge in [0, 0.05) is 22.2 Å². The molecule has 5 aliphatic carbocycles. The molecule has 2 bridgehead atoms. The first-order valence-electron chi connectivity index (χ1n) is 17.7. The Morgan fingerprint density at radius 1 is 0.889 bits per heavy atom. The lowest BCUT2D eigenvalue weighted by Crippen LogP contribution is -2.73. The Morgan fingerprint density at radius 3 is 2.31 bits per heavy atom. The predicted octanol–water partition coefficient (Wildman–Crippen LogP) is 2.78. The van der Waals surface area contributed by atoms with Crippen molar-refractivity contribution in [3.63, 3.8) is 0 Å². The average Bonchev–Trinajstić information content (AvgIpc) is 3.32. The molecule has 0 amide bonds. The van der Waals surface area contributed by atoms with E-state index < -0.39 is 60.5 Å². The van der Waals surface area contributed by atoms with Crippen molar-refractivity contribution < 1.29 is 44.8 Å². The zero-order valence-corrected chi connectivity index (χ0v) is 28.1. The topological polar surface area (TPSA) is 149 Å². The van der Waals surface area contributed by atoms with E-state index >= 15 is 0 Å². The zero-order valence-electron chi connectivity index (χ0n) is 28.1. The molecule has 3 unspecified atom stereocenters. The van der Waals surface area contributed by atoms with Gasteiger partial charge in [0.1, 0.15) is 24.4 Å². The van der Waals surface area contributed by atoms with Gasteiger partial charge in [-0.3, -0.25) is 0 Å². The van der Waals surface area contributed by atoms with E-state index in [0.717, 1.165) is 38.5 Å². The fraction of sp³-hybridized carbons (Fsp3) is 0.944. The van der Waals surface area contributed by atoms with Crippen LogP contribution in [0, 0.1) is 56.7 Å². The van der Waals surface area contributed by atoms with Crippen LogP contribution in [0.4, 0.5) is 0 Å². The van der Waals surface area contributed by atoms with Gasteiger partial charge in [-0.15, -0.1) is 0 Å². The molecule has 0 radical (unpaired) electrons. The van der Waals surface area contributed by atoms with E-state index in [4.69, 9.17) is 14.2 Å². The van der Waals surface area contributed by atoms with E-state index in [0.29, 0.717) is 24.9 Å². The lowest BCUT2D eigenvalue weighted by Gasteiger charge is -2.73. The quantitative estimate of drug-likeness (QED) is 0.203. The normalized spacial score (nSPS) is 62.0. The van der Waals surface area contributed by atoms with Crippen LogP contribution < -0.4 is 0 Å².